The molecule has 8 heteroatoms. The highest BCUT2D eigenvalue weighted by Gasteiger charge is 2.47. The van der Waals surface area contributed by atoms with Crippen molar-refractivity contribution in [1.82, 2.24) is 0 Å². The molecule has 0 radical (unpaired) electrons. The Morgan fingerprint density at radius 2 is 0.531 bits per heavy atom. The van der Waals surface area contributed by atoms with Crippen molar-refractivity contribution in [1.29, 1.82) is 0 Å². The molecular formula is C56H100N4O4. The van der Waals surface area contributed by atoms with E-state index in [2.05, 4.69) is 33.8 Å². The fourth-order valence-corrected chi connectivity index (χ4v) is 11.1. The second-order valence-electron chi connectivity index (χ2n) is 20.0. The highest BCUT2D eigenvalue weighted by atomic mass is 16.1. The number of carbonyl (C=O) groups excluding carboxylic acids is 4. The number of unbranched alkanes of at least 4 members (excludes halogenated alkanes) is 28. The minimum atomic E-state index is 0.136. The van der Waals surface area contributed by atoms with Gasteiger partial charge < -0.3 is 0 Å². The molecular weight excluding hydrogens is 793 g/mol. The maximum Gasteiger partial charge on any atom is 0.235 e. The number of hydrogen-bond donors (Lipinski definition) is 0. The van der Waals surface area contributed by atoms with Gasteiger partial charge in [-0.15, -0.1) is 0 Å². The van der Waals surface area contributed by atoms with Crippen LogP contribution < -0.4 is 0 Å². The molecule has 1 aliphatic carbocycles. The van der Waals surface area contributed by atoms with Crippen molar-refractivity contribution >= 4 is 24.3 Å². The summed E-state index contributed by atoms with van der Waals surface area (Å²) in [5.74, 6) is 3.75. The largest absolute Gasteiger partial charge is 0.235 e. The molecule has 0 aromatic heterocycles. The highest BCUT2D eigenvalue weighted by molar-refractivity contribution is 5.34. The predicted octanol–water partition coefficient (Wildman–Crippen LogP) is 17.0. The molecule has 0 bridgehead atoms. The van der Waals surface area contributed by atoms with Crippen LogP contribution in [0.3, 0.4) is 0 Å². The van der Waals surface area contributed by atoms with E-state index in [4.69, 9.17) is 0 Å². The maximum atomic E-state index is 11.1. The van der Waals surface area contributed by atoms with Gasteiger partial charge in [0.25, 0.3) is 0 Å². The third kappa shape index (κ3) is 33.9. The molecule has 1 rings (SSSR count). The van der Waals surface area contributed by atoms with E-state index in [1.165, 1.54) is 193 Å². The minimum Gasteiger partial charge on any atom is -0.211 e. The van der Waals surface area contributed by atoms with Crippen molar-refractivity contribution in [2.45, 2.75) is 296 Å². The van der Waals surface area contributed by atoms with Crippen LogP contribution in [0.2, 0.25) is 0 Å². The van der Waals surface area contributed by atoms with Crippen molar-refractivity contribution < 1.29 is 19.2 Å². The van der Waals surface area contributed by atoms with Crippen LogP contribution in [-0.4, -0.2) is 49.5 Å². The van der Waals surface area contributed by atoms with Crippen LogP contribution in [0.5, 0.6) is 0 Å². The van der Waals surface area contributed by atoms with Gasteiger partial charge in [-0.2, -0.15) is 0 Å². The Morgan fingerprint density at radius 1 is 0.297 bits per heavy atom. The van der Waals surface area contributed by atoms with Crippen molar-refractivity contribution in [3.05, 3.63) is 0 Å². The quantitative estimate of drug-likeness (QED) is 0.0343. The first kappa shape index (κ1) is 59.5. The van der Waals surface area contributed by atoms with Crippen molar-refractivity contribution in [2.24, 2.45) is 43.6 Å². The molecule has 8 nitrogen and oxygen atoms in total. The van der Waals surface area contributed by atoms with Crippen LogP contribution in [-0.2, 0) is 19.2 Å². The van der Waals surface area contributed by atoms with Crippen LogP contribution in [0.4, 0.5) is 0 Å². The number of hydrogen-bond acceptors (Lipinski definition) is 8. The Labute approximate surface area is 394 Å². The normalized spacial score (nSPS) is 17.7. The number of rotatable bonds is 50. The number of nitrogens with zero attached hydrogens (tertiary/aromatic N) is 4. The molecule has 0 aromatic carbocycles. The monoisotopic (exact) mass is 893 g/mol. The SMILES string of the molecule is CCCCCCCCC1C(CCCCCCCC(CCCCCCCCN=C=O)N=C=O)C(CCCCCCCC)C1CCCCCCCC(CCCCCCCCN=C=O)N=C=O. The van der Waals surface area contributed by atoms with E-state index in [9.17, 15) is 19.2 Å². The molecule has 1 aliphatic rings. The van der Waals surface area contributed by atoms with E-state index in [1.807, 2.05) is 12.2 Å². The van der Waals surface area contributed by atoms with Crippen LogP contribution in [0, 0.1) is 23.7 Å². The lowest BCUT2D eigenvalue weighted by atomic mass is 9.51. The summed E-state index contributed by atoms with van der Waals surface area (Å²) in [5, 5.41) is 0. The third-order valence-corrected chi connectivity index (χ3v) is 14.8. The molecule has 0 amide bonds. The van der Waals surface area contributed by atoms with Crippen LogP contribution in [0.25, 0.3) is 0 Å². The summed E-state index contributed by atoms with van der Waals surface area (Å²) < 4.78 is 0. The van der Waals surface area contributed by atoms with E-state index in [-0.39, 0.29) is 12.1 Å². The molecule has 0 spiro atoms. The molecule has 0 heterocycles. The fourth-order valence-electron chi connectivity index (χ4n) is 11.1. The Morgan fingerprint density at radius 3 is 0.781 bits per heavy atom. The van der Waals surface area contributed by atoms with Gasteiger partial charge in [0.15, 0.2) is 0 Å². The summed E-state index contributed by atoms with van der Waals surface area (Å²) in [5.41, 5.74) is 0. The standard InChI is InChI=1S/C56H100N4O4/c1-3-5-7-9-21-31-41-53-55(43-33-23-15-19-29-39-51(59-49-63)37-27-17-11-13-25-35-45-57-47-61)54(42-32-22-10-8-6-4-2)56(53)44-34-24-16-20-30-40-52(60-50-64)38-28-18-12-14-26-36-46-58-48-62/h51-56H,3-46H2,1-2H3. The average Bonchev–Trinajstić information content (AvgIpc) is 3.30. The van der Waals surface area contributed by atoms with E-state index in [0.29, 0.717) is 13.1 Å². The summed E-state index contributed by atoms with van der Waals surface area (Å²) >= 11 is 0. The topological polar surface area (TPSA) is 118 Å². The lowest BCUT2D eigenvalue weighted by Gasteiger charge is -2.54. The molecule has 0 aromatic rings. The Balaban J connectivity index is 2.59. The van der Waals surface area contributed by atoms with Crippen LogP contribution in [0.15, 0.2) is 20.0 Å². The van der Waals surface area contributed by atoms with Gasteiger partial charge in [-0.05, 0) is 87.9 Å². The van der Waals surface area contributed by atoms with Crippen molar-refractivity contribution in [3.63, 3.8) is 0 Å². The first-order valence-corrected chi connectivity index (χ1v) is 27.9. The Kier molecular flexibility index (Phi) is 43.7. The molecule has 1 fully saturated rings. The summed E-state index contributed by atoms with van der Waals surface area (Å²) in [4.78, 5) is 58.3. The number of isocyanates is 4. The molecule has 368 valence electrons. The summed E-state index contributed by atoms with van der Waals surface area (Å²) in [6.45, 7) is 5.83. The first-order chi connectivity index (χ1) is 31.7. The summed E-state index contributed by atoms with van der Waals surface area (Å²) in [7, 11) is 0. The molecule has 2 unspecified atom stereocenters. The van der Waals surface area contributed by atoms with Gasteiger partial charge in [-0.1, -0.05) is 219 Å². The van der Waals surface area contributed by atoms with Gasteiger partial charge in [0.2, 0.25) is 24.3 Å². The predicted molar refractivity (Wildman–Crippen MR) is 269 cm³/mol. The maximum absolute atomic E-state index is 11.1. The molecule has 0 saturated heterocycles. The smallest absolute Gasteiger partial charge is 0.211 e. The van der Waals surface area contributed by atoms with Gasteiger partial charge in [-0.25, -0.2) is 39.1 Å². The summed E-state index contributed by atoms with van der Waals surface area (Å²) in [6, 6.07) is 0.273. The second kappa shape index (κ2) is 47.0. The number of aliphatic imine (C=N–C) groups is 4. The minimum absolute atomic E-state index is 0.136. The Bertz CT molecular complexity index is 1130. The second-order valence-corrected chi connectivity index (χ2v) is 20.0. The van der Waals surface area contributed by atoms with Crippen LogP contribution >= 0.6 is 0 Å². The van der Waals surface area contributed by atoms with Gasteiger partial charge >= 0.3 is 0 Å². The van der Waals surface area contributed by atoms with Gasteiger partial charge in [0, 0.05) is 0 Å². The van der Waals surface area contributed by atoms with Gasteiger partial charge in [0.05, 0.1) is 25.2 Å². The van der Waals surface area contributed by atoms with Gasteiger partial charge in [-0.3, -0.25) is 0 Å². The summed E-state index contributed by atoms with van der Waals surface area (Å²) in [6.07, 6.45) is 59.8. The zero-order chi connectivity index (χ0) is 46.2. The lowest BCUT2D eigenvalue weighted by molar-refractivity contribution is -0.0486. The van der Waals surface area contributed by atoms with Gasteiger partial charge in [0.1, 0.15) is 0 Å². The molecule has 1 saturated carbocycles. The fraction of sp³-hybridized carbons (Fsp3) is 0.929. The zero-order valence-electron chi connectivity index (χ0n) is 42.0. The van der Waals surface area contributed by atoms with Crippen LogP contribution in [0.1, 0.15) is 284 Å². The molecule has 0 N–H and O–H groups in total. The molecule has 2 atom stereocenters. The van der Waals surface area contributed by atoms with Crippen molar-refractivity contribution in [2.75, 3.05) is 13.1 Å². The van der Waals surface area contributed by atoms with E-state index in [1.54, 1.807) is 12.2 Å². The third-order valence-electron chi connectivity index (χ3n) is 14.8. The van der Waals surface area contributed by atoms with E-state index < -0.39 is 0 Å². The highest BCUT2D eigenvalue weighted by Crippen LogP contribution is 2.55. The van der Waals surface area contributed by atoms with E-state index in [0.717, 1.165) is 101 Å². The van der Waals surface area contributed by atoms with Crippen molar-refractivity contribution in [3.8, 4) is 0 Å². The lowest BCUT2D eigenvalue weighted by Crippen LogP contribution is -2.46. The average molecular weight is 893 g/mol. The first-order valence-electron chi connectivity index (χ1n) is 27.9. The zero-order valence-corrected chi connectivity index (χ0v) is 42.0. The molecule has 0 aliphatic heterocycles. The Hall–Kier alpha value is -2.48. The molecule has 64 heavy (non-hydrogen) atoms. The van der Waals surface area contributed by atoms with E-state index >= 15 is 0 Å².